The van der Waals surface area contributed by atoms with Crippen LogP contribution in [-0.4, -0.2) is 30.8 Å². The lowest BCUT2D eigenvalue weighted by Crippen LogP contribution is -2.41. The van der Waals surface area contributed by atoms with E-state index in [1.165, 1.54) is 12.8 Å². The van der Waals surface area contributed by atoms with Crippen molar-refractivity contribution in [2.75, 3.05) is 6.54 Å². The number of hydrogen-bond acceptors (Lipinski definition) is 3. The average molecular weight is 366 g/mol. The molecule has 1 saturated heterocycles. The molecule has 0 atom stereocenters. The zero-order chi connectivity index (χ0) is 18.7. The smallest absolute Gasteiger partial charge is 0.399 e. The van der Waals surface area contributed by atoms with Gasteiger partial charge in [-0.15, -0.1) is 0 Å². The molecule has 25 heavy (non-hydrogen) atoms. The Morgan fingerprint density at radius 1 is 1.12 bits per heavy atom. The van der Waals surface area contributed by atoms with E-state index >= 15 is 0 Å². The van der Waals surface area contributed by atoms with Gasteiger partial charge in [-0.1, -0.05) is 43.9 Å². The second kappa shape index (κ2) is 8.11. The number of carbonyl (C=O) groups excluding carboxylic acids is 1. The third-order valence-corrected chi connectivity index (χ3v) is 5.41. The molecule has 1 heterocycles. The highest BCUT2D eigenvalue weighted by Crippen LogP contribution is 2.37. The maximum Gasteiger partial charge on any atom is 0.496 e. The molecule has 1 aliphatic heterocycles. The molecule has 1 fully saturated rings. The second-order valence-electron chi connectivity index (χ2n) is 7.64. The van der Waals surface area contributed by atoms with Gasteiger partial charge in [-0.25, -0.2) is 0 Å². The minimum Gasteiger partial charge on any atom is -0.399 e. The van der Waals surface area contributed by atoms with Crippen LogP contribution in [-0.2, 0) is 9.31 Å². The standard InChI is InChI=1S/C19H29BClNO3/c1-6-7-8-9-12-22-17(23)14-10-11-15(16(21)13-14)20-24-18(2,3)19(4,5)25-20/h10-11,13H,6-9,12H2,1-5H3,(H,22,23). The number of hydrogen-bond donors (Lipinski definition) is 1. The molecule has 2 rings (SSSR count). The van der Waals surface area contributed by atoms with Gasteiger partial charge in [-0.3, -0.25) is 4.79 Å². The quantitative estimate of drug-likeness (QED) is 0.588. The van der Waals surface area contributed by atoms with Crippen LogP contribution in [0.5, 0.6) is 0 Å². The van der Waals surface area contributed by atoms with Gasteiger partial charge in [0.2, 0.25) is 0 Å². The molecule has 1 aromatic carbocycles. The summed E-state index contributed by atoms with van der Waals surface area (Å²) >= 11 is 6.40. The highest BCUT2D eigenvalue weighted by Gasteiger charge is 2.52. The minimum absolute atomic E-state index is 0.0983. The molecular formula is C19H29BClNO3. The van der Waals surface area contributed by atoms with Crippen molar-refractivity contribution in [2.24, 2.45) is 0 Å². The number of halogens is 1. The maximum absolute atomic E-state index is 12.2. The van der Waals surface area contributed by atoms with E-state index in [4.69, 9.17) is 20.9 Å². The lowest BCUT2D eigenvalue weighted by molar-refractivity contribution is 0.00578. The largest absolute Gasteiger partial charge is 0.496 e. The third kappa shape index (κ3) is 4.78. The van der Waals surface area contributed by atoms with Gasteiger partial charge in [0.15, 0.2) is 0 Å². The van der Waals surface area contributed by atoms with Gasteiger partial charge in [0, 0.05) is 22.6 Å². The van der Waals surface area contributed by atoms with E-state index in [1.54, 1.807) is 12.1 Å². The number of carbonyl (C=O) groups is 1. The summed E-state index contributed by atoms with van der Waals surface area (Å²) in [5.74, 6) is -0.0983. The SMILES string of the molecule is CCCCCCNC(=O)c1ccc(B2OC(C)(C)C(C)(C)O2)c(Cl)c1. The van der Waals surface area contributed by atoms with Crippen LogP contribution in [0.4, 0.5) is 0 Å². The summed E-state index contributed by atoms with van der Waals surface area (Å²) in [5, 5.41) is 3.42. The number of amides is 1. The molecule has 1 N–H and O–H groups in total. The summed E-state index contributed by atoms with van der Waals surface area (Å²) < 4.78 is 12.1. The van der Waals surface area contributed by atoms with Gasteiger partial charge in [-0.2, -0.15) is 0 Å². The molecule has 0 aliphatic carbocycles. The van der Waals surface area contributed by atoms with Crippen LogP contribution < -0.4 is 10.8 Å². The van der Waals surface area contributed by atoms with Crippen molar-refractivity contribution in [1.82, 2.24) is 5.32 Å². The fourth-order valence-electron chi connectivity index (χ4n) is 2.69. The van der Waals surface area contributed by atoms with E-state index in [-0.39, 0.29) is 5.91 Å². The summed E-state index contributed by atoms with van der Waals surface area (Å²) in [6.45, 7) is 10.9. The Hall–Kier alpha value is -1.04. The van der Waals surface area contributed by atoms with Gasteiger partial charge < -0.3 is 14.6 Å². The molecule has 1 aliphatic rings. The van der Waals surface area contributed by atoms with Crippen molar-refractivity contribution in [1.29, 1.82) is 0 Å². The van der Waals surface area contributed by atoms with E-state index in [2.05, 4.69) is 12.2 Å². The van der Waals surface area contributed by atoms with Crippen molar-refractivity contribution in [3.8, 4) is 0 Å². The van der Waals surface area contributed by atoms with Gasteiger partial charge in [0.1, 0.15) is 0 Å². The summed E-state index contributed by atoms with van der Waals surface area (Å²) in [6.07, 6.45) is 4.52. The fourth-order valence-corrected chi connectivity index (χ4v) is 2.95. The summed E-state index contributed by atoms with van der Waals surface area (Å²) in [4.78, 5) is 12.2. The highest BCUT2D eigenvalue weighted by molar-refractivity contribution is 6.65. The number of rotatable bonds is 7. The molecule has 138 valence electrons. The molecule has 0 aromatic heterocycles. The maximum atomic E-state index is 12.2. The Morgan fingerprint density at radius 2 is 1.76 bits per heavy atom. The molecular weight excluding hydrogens is 336 g/mol. The van der Waals surface area contributed by atoms with Crippen molar-refractivity contribution < 1.29 is 14.1 Å². The summed E-state index contributed by atoms with van der Waals surface area (Å²) in [6, 6.07) is 5.27. The molecule has 0 bridgehead atoms. The van der Waals surface area contributed by atoms with Crippen molar-refractivity contribution >= 4 is 30.1 Å². The lowest BCUT2D eigenvalue weighted by Gasteiger charge is -2.32. The Kier molecular flexibility index (Phi) is 6.58. The molecule has 4 nitrogen and oxygen atoms in total. The summed E-state index contributed by atoms with van der Waals surface area (Å²) in [7, 11) is -0.524. The fraction of sp³-hybridized carbons (Fsp3) is 0.632. The first-order chi connectivity index (χ1) is 11.7. The van der Waals surface area contributed by atoms with Crippen LogP contribution in [0, 0.1) is 0 Å². The number of nitrogens with one attached hydrogen (secondary N) is 1. The molecule has 1 aromatic rings. The van der Waals surface area contributed by atoms with Crippen LogP contribution in [0.25, 0.3) is 0 Å². The van der Waals surface area contributed by atoms with Crippen LogP contribution >= 0.6 is 11.6 Å². The topological polar surface area (TPSA) is 47.6 Å². The van der Waals surface area contributed by atoms with Crippen LogP contribution in [0.1, 0.15) is 70.7 Å². The van der Waals surface area contributed by atoms with E-state index in [1.807, 2.05) is 33.8 Å². The molecule has 6 heteroatoms. The van der Waals surface area contributed by atoms with E-state index in [0.29, 0.717) is 17.1 Å². The molecule has 0 radical (unpaired) electrons. The van der Waals surface area contributed by atoms with Gasteiger partial charge >= 0.3 is 7.12 Å². The molecule has 1 amide bonds. The first kappa shape index (κ1) is 20.3. The van der Waals surface area contributed by atoms with Crippen LogP contribution in [0.15, 0.2) is 18.2 Å². The zero-order valence-corrected chi connectivity index (χ0v) is 16.7. The molecule has 0 saturated carbocycles. The zero-order valence-electron chi connectivity index (χ0n) is 15.9. The predicted octanol–water partition coefficient (Wildman–Crippen LogP) is 3.95. The Balaban J connectivity index is 2.00. The molecule has 0 spiro atoms. The van der Waals surface area contributed by atoms with E-state index in [9.17, 15) is 4.79 Å². The minimum atomic E-state index is -0.524. The Labute approximate surface area is 156 Å². The monoisotopic (exact) mass is 365 g/mol. The van der Waals surface area contributed by atoms with Crippen molar-refractivity contribution in [3.63, 3.8) is 0 Å². The average Bonchev–Trinajstić information content (AvgIpc) is 2.74. The third-order valence-electron chi connectivity index (χ3n) is 5.09. The van der Waals surface area contributed by atoms with Crippen molar-refractivity contribution in [2.45, 2.75) is 71.5 Å². The van der Waals surface area contributed by atoms with Gasteiger partial charge in [-0.05, 0) is 46.2 Å². The number of benzene rings is 1. The predicted molar refractivity (Wildman–Crippen MR) is 104 cm³/mol. The lowest BCUT2D eigenvalue weighted by atomic mass is 9.78. The van der Waals surface area contributed by atoms with Crippen LogP contribution in [0.3, 0.4) is 0 Å². The van der Waals surface area contributed by atoms with Gasteiger partial charge in [0.05, 0.1) is 11.2 Å². The number of unbranched alkanes of at least 4 members (excludes halogenated alkanes) is 3. The Bertz CT molecular complexity index is 603. The molecule has 0 unspecified atom stereocenters. The van der Waals surface area contributed by atoms with E-state index < -0.39 is 18.3 Å². The first-order valence-electron chi connectivity index (χ1n) is 9.11. The van der Waals surface area contributed by atoms with Crippen LogP contribution in [0.2, 0.25) is 5.02 Å². The van der Waals surface area contributed by atoms with E-state index in [0.717, 1.165) is 18.3 Å². The normalized spacial score (nSPS) is 18.4. The first-order valence-corrected chi connectivity index (χ1v) is 9.49. The highest BCUT2D eigenvalue weighted by atomic mass is 35.5. The Morgan fingerprint density at radius 3 is 2.32 bits per heavy atom. The van der Waals surface area contributed by atoms with Crippen molar-refractivity contribution in [3.05, 3.63) is 28.8 Å². The summed E-state index contributed by atoms with van der Waals surface area (Å²) in [5.41, 5.74) is 0.464. The van der Waals surface area contributed by atoms with Gasteiger partial charge in [0.25, 0.3) is 5.91 Å². The second-order valence-corrected chi connectivity index (χ2v) is 8.05.